The molecular formula is C18H16N4OS. The Kier molecular flexibility index (Phi) is 5.42. The number of hydrogen-bond acceptors (Lipinski definition) is 4. The number of aromatic nitrogens is 2. The van der Waals surface area contributed by atoms with Crippen LogP contribution in [0.1, 0.15) is 5.56 Å². The molecule has 2 aromatic carbocycles. The van der Waals surface area contributed by atoms with E-state index in [-0.39, 0.29) is 11.7 Å². The van der Waals surface area contributed by atoms with Crippen LogP contribution >= 0.6 is 11.8 Å². The number of aromatic amines is 1. The number of hydrazone groups is 1. The number of imidazole rings is 1. The van der Waals surface area contributed by atoms with Gasteiger partial charge in [0, 0.05) is 6.21 Å². The van der Waals surface area contributed by atoms with Gasteiger partial charge in [-0.1, -0.05) is 60.3 Å². The zero-order valence-electron chi connectivity index (χ0n) is 12.8. The highest BCUT2D eigenvalue weighted by Crippen LogP contribution is 2.18. The number of H-pyrrole nitrogens is 1. The summed E-state index contributed by atoms with van der Waals surface area (Å²) in [6, 6.07) is 17.6. The molecule has 3 rings (SSSR count). The van der Waals surface area contributed by atoms with E-state index in [0.717, 1.165) is 21.8 Å². The summed E-state index contributed by atoms with van der Waals surface area (Å²) in [5.41, 5.74) is 5.42. The molecule has 2 N–H and O–H groups in total. The number of fused-ring (bicyclic) bond motifs is 1. The monoisotopic (exact) mass is 336 g/mol. The zero-order chi connectivity index (χ0) is 16.6. The normalized spacial score (nSPS) is 11.5. The van der Waals surface area contributed by atoms with E-state index < -0.39 is 0 Å². The average molecular weight is 336 g/mol. The number of allylic oxidation sites excluding steroid dienone is 1. The van der Waals surface area contributed by atoms with E-state index in [1.54, 1.807) is 12.3 Å². The Hall–Kier alpha value is -2.86. The summed E-state index contributed by atoms with van der Waals surface area (Å²) >= 11 is 1.34. The molecule has 0 saturated heterocycles. The maximum absolute atomic E-state index is 11.8. The minimum Gasteiger partial charge on any atom is -0.333 e. The second kappa shape index (κ2) is 8.12. The fraction of sp³-hybridized carbons (Fsp3) is 0.0556. The number of benzene rings is 2. The van der Waals surface area contributed by atoms with Gasteiger partial charge in [0.15, 0.2) is 5.16 Å². The van der Waals surface area contributed by atoms with Crippen molar-refractivity contribution in [3.63, 3.8) is 0 Å². The third-order valence-corrected chi connectivity index (χ3v) is 4.02. The SMILES string of the molecule is O=C(CSc1nc2ccccc2[nH]1)N/N=C\C=C\c1ccccc1. The topological polar surface area (TPSA) is 70.1 Å². The summed E-state index contributed by atoms with van der Waals surface area (Å²) in [6.07, 6.45) is 5.25. The maximum atomic E-state index is 11.8. The third kappa shape index (κ3) is 4.57. The Morgan fingerprint density at radius 3 is 2.79 bits per heavy atom. The number of para-hydroxylation sites is 2. The molecule has 120 valence electrons. The van der Waals surface area contributed by atoms with E-state index in [4.69, 9.17) is 0 Å². The van der Waals surface area contributed by atoms with Crippen molar-refractivity contribution in [2.75, 3.05) is 5.75 Å². The molecule has 0 spiro atoms. The second-order valence-electron chi connectivity index (χ2n) is 4.93. The van der Waals surface area contributed by atoms with Gasteiger partial charge in [0.05, 0.1) is 16.8 Å². The predicted octanol–water partition coefficient (Wildman–Crippen LogP) is 3.47. The van der Waals surface area contributed by atoms with Crippen molar-refractivity contribution in [3.05, 3.63) is 66.2 Å². The molecule has 1 heterocycles. The molecule has 0 unspecified atom stereocenters. The van der Waals surface area contributed by atoms with Crippen LogP contribution in [-0.4, -0.2) is 27.8 Å². The van der Waals surface area contributed by atoms with Gasteiger partial charge < -0.3 is 4.98 Å². The highest BCUT2D eigenvalue weighted by atomic mass is 32.2. The molecule has 24 heavy (non-hydrogen) atoms. The summed E-state index contributed by atoms with van der Waals surface area (Å²) in [5, 5.41) is 4.61. The molecule has 1 amide bonds. The standard InChI is InChI=1S/C18H16N4OS/c23-17(22-19-12-6-9-14-7-2-1-3-8-14)13-24-18-20-15-10-4-5-11-16(15)21-18/h1-12H,13H2,(H,20,21)(H,22,23)/b9-6+,19-12-. The highest BCUT2D eigenvalue weighted by molar-refractivity contribution is 7.99. The van der Waals surface area contributed by atoms with Crippen LogP contribution in [0.4, 0.5) is 0 Å². The van der Waals surface area contributed by atoms with Crippen LogP contribution < -0.4 is 5.43 Å². The summed E-state index contributed by atoms with van der Waals surface area (Å²) in [4.78, 5) is 19.3. The first-order chi connectivity index (χ1) is 11.8. The van der Waals surface area contributed by atoms with Crippen LogP contribution in [0.15, 0.2) is 70.9 Å². The third-order valence-electron chi connectivity index (χ3n) is 3.15. The van der Waals surface area contributed by atoms with Gasteiger partial charge in [-0.25, -0.2) is 10.4 Å². The van der Waals surface area contributed by atoms with E-state index in [9.17, 15) is 4.79 Å². The Labute approximate surface area is 143 Å². The highest BCUT2D eigenvalue weighted by Gasteiger charge is 2.05. The second-order valence-corrected chi connectivity index (χ2v) is 5.89. The minimum atomic E-state index is -0.176. The first kappa shape index (κ1) is 16.0. The average Bonchev–Trinajstić information content (AvgIpc) is 3.03. The lowest BCUT2D eigenvalue weighted by Crippen LogP contribution is -2.19. The van der Waals surface area contributed by atoms with E-state index in [1.807, 2.05) is 60.7 Å². The molecule has 0 atom stereocenters. The largest absolute Gasteiger partial charge is 0.333 e. The van der Waals surface area contributed by atoms with Crippen LogP contribution in [0.2, 0.25) is 0 Å². The Balaban J connectivity index is 1.44. The number of nitrogens with one attached hydrogen (secondary N) is 2. The first-order valence-corrected chi connectivity index (χ1v) is 8.41. The van der Waals surface area contributed by atoms with Crippen molar-refractivity contribution in [2.45, 2.75) is 5.16 Å². The van der Waals surface area contributed by atoms with Crippen LogP contribution in [0, 0.1) is 0 Å². The lowest BCUT2D eigenvalue weighted by atomic mass is 10.2. The summed E-state index contributed by atoms with van der Waals surface area (Å²) in [6.45, 7) is 0. The number of hydrogen-bond donors (Lipinski definition) is 2. The predicted molar refractivity (Wildman–Crippen MR) is 98.9 cm³/mol. The molecule has 0 fully saturated rings. The quantitative estimate of drug-likeness (QED) is 0.411. The number of carbonyl (C=O) groups is 1. The molecule has 0 bridgehead atoms. The number of rotatable bonds is 6. The molecular weight excluding hydrogens is 320 g/mol. The Morgan fingerprint density at radius 2 is 1.96 bits per heavy atom. The van der Waals surface area contributed by atoms with E-state index in [1.165, 1.54) is 11.8 Å². The molecule has 6 heteroatoms. The molecule has 3 aromatic rings. The van der Waals surface area contributed by atoms with Crippen molar-refractivity contribution in [3.8, 4) is 0 Å². The van der Waals surface area contributed by atoms with Gasteiger partial charge in [0.2, 0.25) is 0 Å². The van der Waals surface area contributed by atoms with Gasteiger partial charge in [-0.15, -0.1) is 0 Å². The zero-order valence-corrected chi connectivity index (χ0v) is 13.7. The molecule has 1 aromatic heterocycles. The summed E-state index contributed by atoms with van der Waals surface area (Å²) in [7, 11) is 0. The molecule has 0 aliphatic rings. The van der Waals surface area contributed by atoms with Crippen LogP contribution in [0.5, 0.6) is 0 Å². The van der Waals surface area contributed by atoms with Crippen molar-refractivity contribution < 1.29 is 4.79 Å². The van der Waals surface area contributed by atoms with Crippen LogP contribution in [0.3, 0.4) is 0 Å². The van der Waals surface area contributed by atoms with Gasteiger partial charge in [0.25, 0.3) is 5.91 Å². The number of thioether (sulfide) groups is 1. The van der Waals surface area contributed by atoms with Gasteiger partial charge >= 0.3 is 0 Å². The van der Waals surface area contributed by atoms with Gasteiger partial charge in [-0.05, 0) is 23.8 Å². The molecule has 0 aliphatic heterocycles. The van der Waals surface area contributed by atoms with E-state index >= 15 is 0 Å². The van der Waals surface area contributed by atoms with Crippen LogP contribution in [0.25, 0.3) is 17.1 Å². The van der Waals surface area contributed by atoms with Gasteiger partial charge in [-0.2, -0.15) is 5.10 Å². The van der Waals surface area contributed by atoms with Crippen molar-refractivity contribution in [1.82, 2.24) is 15.4 Å². The number of carbonyl (C=O) groups excluding carboxylic acids is 1. The van der Waals surface area contributed by atoms with Crippen LogP contribution in [-0.2, 0) is 4.79 Å². The Bertz CT molecular complexity index is 838. The molecule has 5 nitrogen and oxygen atoms in total. The van der Waals surface area contributed by atoms with Crippen molar-refractivity contribution in [2.24, 2.45) is 5.10 Å². The van der Waals surface area contributed by atoms with Crippen molar-refractivity contribution >= 4 is 41.0 Å². The minimum absolute atomic E-state index is 0.176. The van der Waals surface area contributed by atoms with E-state index in [0.29, 0.717) is 0 Å². The fourth-order valence-corrected chi connectivity index (χ4v) is 2.71. The Morgan fingerprint density at radius 1 is 1.17 bits per heavy atom. The van der Waals surface area contributed by atoms with Gasteiger partial charge in [0.1, 0.15) is 0 Å². The van der Waals surface area contributed by atoms with Crippen molar-refractivity contribution in [1.29, 1.82) is 0 Å². The number of amides is 1. The smallest absolute Gasteiger partial charge is 0.250 e. The number of nitrogens with zero attached hydrogens (tertiary/aromatic N) is 2. The van der Waals surface area contributed by atoms with E-state index in [2.05, 4.69) is 20.5 Å². The molecule has 0 saturated carbocycles. The molecule has 0 radical (unpaired) electrons. The van der Waals surface area contributed by atoms with Gasteiger partial charge in [-0.3, -0.25) is 4.79 Å². The summed E-state index contributed by atoms with van der Waals surface area (Å²) < 4.78 is 0. The maximum Gasteiger partial charge on any atom is 0.250 e. The lowest BCUT2D eigenvalue weighted by molar-refractivity contribution is -0.118. The first-order valence-electron chi connectivity index (χ1n) is 7.42. The summed E-state index contributed by atoms with van der Waals surface area (Å²) in [5.74, 6) is 0.0735. The lowest BCUT2D eigenvalue weighted by Gasteiger charge is -1.96. The molecule has 0 aliphatic carbocycles. The fourth-order valence-electron chi connectivity index (χ4n) is 2.03.